The molecule has 0 saturated carbocycles. The number of carbonyl (C=O) groups excluding carboxylic acids is 1. The maximum absolute atomic E-state index is 12.2. The third kappa shape index (κ3) is 4.67. The first-order valence-corrected chi connectivity index (χ1v) is 9.59. The molecule has 0 aromatic heterocycles. The van der Waals surface area contributed by atoms with Gasteiger partial charge in [0.2, 0.25) is 5.90 Å². The highest BCUT2D eigenvalue weighted by atomic mass is 35.5. The van der Waals surface area contributed by atoms with Gasteiger partial charge in [-0.25, -0.2) is 9.79 Å². The molecule has 0 amide bonds. The summed E-state index contributed by atoms with van der Waals surface area (Å²) >= 11 is 12.1. The van der Waals surface area contributed by atoms with Crippen LogP contribution in [0.3, 0.4) is 0 Å². The van der Waals surface area contributed by atoms with Gasteiger partial charge in [-0.2, -0.15) is 0 Å². The van der Waals surface area contributed by atoms with Crippen molar-refractivity contribution in [3.05, 3.63) is 105 Å². The summed E-state index contributed by atoms with van der Waals surface area (Å²) in [7, 11) is 0. The fraction of sp³-hybridized carbons (Fsp3) is 0.0435. The Bertz CT molecular complexity index is 1110. The number of ether oxygens (including phenoxy) is 2. The van der Waals surface area contributed by atoms with E-state index in [-0.39, 0.29) is 11.6 Å². The van der Waals surface area contributed by atoms with Crippen LogP contribution in [-0.4, -0.2) is 11.9 Å². The lowest BCUT2D eigenvalue weighted by Gasteiger charge is -2.06. The summed E-state index contributed by atoms with van der Waals surface area (Å²) in [5.74, 6) is 0.364. The van der Waals surface area contributed by atoms with Gasteiger partial charge < -0.3 is 9.47 Å². The van der Waals surface area contributed by atoms with Gasteiger partial charge in [0.05, 0.1) is 10.6 Å². The Balaban J connectivity index is 1.48. The van der Waals surface area contributed by atoms with Crippen LogP contribution in [0.5, 0.6) is 5.75 Å². The molecule has 1 aliphatic heterocycles. The van der Waals surface area contributed by atoms with Crippen molar-refractivity contribution in [2.75, 3.05) is 0 Å². The van der Waals surface area contributed by atoms with Gasteiger partial charge in [-0.15, -0.1) is 0 Å². The van der Waals surface area contributed by atoms with Crippen molar-refractivity contribution in [1.82, 2.24) is 0 Å². The molecule has 1 aliphatic rings. The van der Waals surface area contributed by atoms with E-state index in [9.17, 15) is 4.79 Å². The SMILES string of the molecule is O=C1OC(c2ccc(Cl)cc2Cl)=N/C1=C/c1ccc(OCc2ccccc2)cc1. The lowest BCUT2D eigenvalue weighted by molar-refractivity contribution is -0.129. The molecule has 29 heavy (non-hydrogen) atoms. The minimum absolute atomic E-state index is 0.158. The zero-order chi connectivity index (χ0) is 20.2. The number of rotatable bonds is 5. The Hall–Kier alpha value is -3.08. The molecule has 0 bridgehead atoms. The van der Waals surface area contributed by atoms with E-state index in [0.29, 0.717) is 22.2 Å². The van der Waals surface area contributed by atoms with Crippen molar-refractivity contribution < 1.29 is 14.3 Å². The van der Waals surface area contributed by atoms with Gasteiger partial charge >= 0.3 is 5.97 Å². The molecule has 3 aromatic carbocycles. The molecule has 6 heteroatoms. The molecule has 0 atom stereocenters. The van der Waals surface area contributed by atoms with Crippen molar-refractivity contribution >= 4 is 41.1 Å². The minimum atomic E-state index is -0.532. The second-order valence-corrected chi connectivity index (χ2v) is 7.15. The molecule has 4 rings (SSSR count). The molecule has 3 aromatic rings. The molecule has 0 spiro atoms. The molecule has 0 aliphatic carbocycles. The molecular formula is C23H15Cl2NO3. The molecule has 0 fully saturated rings. The van der Waals surface area contributed by atoms with E-state index in [0.717, 1.165) is 16.9 Å². The van der Waals surface area contributed by atoms with Crippen molar-refractivity contribution in [1.29, 1.82) is 0 Å². The van der Waals surface area contributed by atoms with Crippen molar-refractivity contribution in [2.24, 2.45) is 4.99 Å². The van der Waals surface area contributed by atoms with E-state index in [1.165, 1.54) is 0 Å². The van der Waals surface area contributed by atoms with E-state index in [2.05, 4.69) is 4.99 Å². The highest BCUT2D eigenvalue weighted by Gasteiger charge is 2.25. The van der Waals surface area contributed by atoms with Gasteiger partial charge in [-0.3, -0.25) is 0 Å². The second-order valence-electron chi connectivity index (χ2n) is 6.30. The van der Waals surface area contributed by atoms with Gasteiger partial charge in [0, 0.05) is 5.02 Å². The number of aliphatic imine (C=N–C) groups is 1. The lowest BCUT2D eigenvalue weighted by Crippen LogP contribution is -2.05. The zero-order valence-corrected chi connectivity index (χ0v) is 16.7. The number of esters is 1. The Morgan fingerprint density at radius 2 is 1.72 bits per heavy atom. The van der Waals surface area contributed by atoms with Crippen molar-refractivity contribution in [3.8, 4) is 5.75 Å². The highest BCUT2D eigenvalue weighted by Crippen LogP contribution is 2.26. The lowest BCUT2D eigenvalue weighted by atomic mass is 10.2. The fourth-order valence-corrected chi connectivity index (χ4v) is 3.24. The van der Waals surface area contributed by atoms with Crippen LogP contribution in [0.15, 0.2) is 83.5 Å². The summed E-state index contributed by atoms with van der Waals surface area (Å²) in [5.41, 5.74) is 2.60. The second kappa shape index (κ2) is 8.52. The number of cyclic esters (lactones) is 1. The van der Waals surface area contributed by atoms with Crippen LogP contribution in [0.25, 0.3) is 6.08 Å². The van der Waals surface area contributed by atoms with Crippen LogP contribution in [0, 0.1) is 0 Å². The maximum Gasteiger partial charge on any atom is 0.363 e. The highest BCUT2D eigenvalue weighted by molar-refractivity contribution is 6.37. The largest absolute Gasteiger partial charge is 0.489 e. The smallest absolute Gasteiger partial charge is 0.363 e. The van der Waals surface area contributed by atoms with Crippen LogP contribution >= 0.6 is 23.2 Å². The third-order valence-electron chi connectivity index (χ3n) is 4.21. The molecule has 0 N–H and O–H groups in total. The summed E-state index contributed by atoms with van der Waals surface area (Å²) in [6.07, 6.45) is 1.65. The Morgan fingerprint density at radius 3 is 2.45 bits per heavy atom. The van der Waals surface area contributed by atoms with Crippen molar-refractivity contribution in [2.45, 2.75) is 6.61 Å². The summed E-state index contributed by atoms with van der Waals surface area (Å²) < 4.78 is 11.0. The van der Waals surface area contributed by atoms with E-state index >= 15 is 0 Å². The van der Waals surface area contributed by atoms with E-state index < -0.39 is 5.97 Å². The Morgan fingerprint density at radius 1 is 0.966 bits per heavy atom. The average molecular weight is 424 g/mol. The first-order chi connectivity index (χ1) is 14.1. The molecule has 1 heterocycles. The van der Waals surface area contributed by atoms with E-state index in [4.69, 9.17) is 32.7 Å². The molecule has 144 valence electrons. The summed E-state index contributed by atoms with van der Waals surface area (Å²) in [6, 6.07) is 22.2. The first-order valence-electron chi connectivity index (χ1n) is 8.83. The minimum Gasteiger partial charge on any atom is -0.489 e. The quantitative estimate of drug-likeness (QED) is 0.378. The Kier molecular flexibility index (Phi) is 5.65. The van der Waals surface area contributed by atoms with Crippen LogP contribution in [0.1, 0.15) is 16.7 Å². The average Bonchev–Trinajstić information content (AvgIpc) is 3.08. The number of hydrogen-bond donors (Lipinski definition) is 0. The van der Waals surface area contributed by atoms with Gasteiger partial charge in [-0.1, -0.05) is 65.7 Å². The van der Waals surface area contributed by atoms with E-state index in [1.807, 2.05) is 54.6 Å². The molecule has 4 nitrogen and oxygen atoms in total. The number of carbonyl (C=O) groups is 1. The van der Waals surface area contributed by atoms with Gasteiger partial charge in [0.1, 0.15) is 12.4 Å². The number of hydrogen-bond acceptors (Lipinski definition) is 4. The number of benzene rings is 3. The van der Waals surface area contributed by atoms with Crippen LogP contribution in [0.4, 0.5) is 0 Å². The van der Waals surface area contributed by atoms with Gasteiger partial charge in [0.25, 0.3) is 0 Å². The molecule has 0 saturated heterocycles. The first kappa shape index (κ1) is 19.2. The predicted molar refractivity (Wildman–Crippen MR) is 114 cm³/mol. The standard InChI is InChI=1S/C23H15Cl2NO3/c24-17-8-11-19(20(25)13-17)22-26-21(23(27)29-22)12-15-6-9-18(10-7-15)28-14-16-4-2-1-3-5-16/h1-13H,14H2/b21-12+. The molecule has 0 radical (unpaired) electrons. The number of nitrogens with zero attached hydrogens (tertiary/aromatic N) is 1. The zero-order valence-electron chi connectivity index (χ0n) is 15.1. The summed E-state index contributed by atoms with van der Waals surface area (Å²) in [6.45, 7) is 0.489. The topological polar surface area (TPSA) is 47.9 Å². The normalized spacial score (nSPS) is 14.6. The fourth-order valence-electron chi connectivity index (χ4n) is 2.75. The van der Waals surface area contributed by atoms with Crippen LogP contribution < -0.4 is 4.74 Å². The maximum atomic E-state index is 12.2. The molecular weight excluding hydrogens is 409 g/mol. The third-order valence-corrected chi connectivity index (χ3v) is 4.76. The van der Waals surface area contributed by atoms with Gasteiger partial charge in [-0.05, 0) is 47.5 Å². The van der Waals surface area contributed by atoms with E-state index in [1.54, 1.807) is 24.3 Å². The monoisotopic (exact) mass is 423 g/mol. The van der Waals surface area contributed by atoms with Crippen molar-refractivity contribution in [3.63, 3.8) is 0 Å². The number of halogens is 2. The summed E-state index contributed by atoms with van der Waals surface area (Å²) in [4.78, 5) is 16.4. The Labute approximate surface area is 178 Å². The summed E-state index contributed by atoms with van der Waals surface area (Å²) in [5, 5.41) is 0.860. The van der Waals surface area contributed by atoms with Crippen LogP contribution in [0.2, 0.25) is 10.0 Å². The predicted octanol–water partition coefficient (Wildman–Crippen LogP) is 5.92. The van der Waals surface area contributed by atoms with Gasteiger partial charge in [0.15, 0.2) is 5.70 Å². The molecule has 0 unspecified atom stereocenters. The van der Waals surface area contributed by atoms with Crippen LogP contribution in [-0.2, 0) is 16.1 Å².